The Hall–Kier alpha value is -2.14. The summed E-state index contributed by atoms with van der Waals surface area (Å²) in [7, 11) is 0. The van der Waals surface area contributed by atoms with Gasteiger partial charge in [0.2, 0.25) is 5.91 Å². The first-order chi connectivity index (χ1) is 13.4. The molecule has 0 saturated heterocycles. The molecule has 1 amide bonds. The molecule has 1 N–H and O–H groups in total. The summed E-state index contributed by atoms with van der Waals surface area (Å²) < 4.78 is 17.0. The van der Waals surface area contributed by atoms with Gasteiger partial charge >= 0.3 is 0 Å². The van der Waals surface area contributed by atoms with E-state index >= 15 is 0 Å². The molecular formula is C23H24BrFN2O. The number of amides is 1. The average molecular weight is 443 g/mol. The third-order valence-corrected chi connectivity index (χ3v) is 6.02. The van der Waals surface area contributed by atoms with Gasteiger partial charge in [-0.15, -0.1) is 0 Å². The van der Waals surface area contributed by atoms with Crippen LogP contribution in [0.25, 0.3) is 10.9 Å². The molecule has 5 heteroatoms. The number of aromatic nitrogens is 1. The fraction of sp³-hybridized carbons (Fsp3) is 0.348. The molecule has 146 valence electrons. The van der Waals surface area contributed by atoms with E-state index in [-0.39, 0.29) is 23.7 Å². The molecule has 0 aliphatic heterocycles. The number of benzene rings is 2. The van der Waals surface area contributed by atoms with Crippen LogP contribution in [-0.4, -0.2) is 16.5 Å². The molecule has 0 fully saturated rings. The standard InChI is InChI=1S/C23H24BrFN2O/c1-14(2)23(28)26-18-7-9-22-20(12-18)19-11-16(24)6-8-21(19)27(22)13-15-4-3-5-17(25)10-15/h3-6,8,10-11,14,18H,7,9,12-13H2,1-2H3,(H,26,28)/t18-/m1/s1. The molecule has 4 rings (SSSR count). The lowest BCUT2D eigenvalue weighted by Gasteiger charge is -2.26. The fourth-order valence-electron chi connectivity index (χ4n) is 4.11. The molecule has 3 aromatic rings. The van der Waals surface area contributed by atoms with Crippen molar-refractivity contribution >= 4 is 32.7 Å². The summed E-state index contributed by atoms with van der Waals surface area (Å²) in [5.41, 5.74) is 4.71. The summed E-state index contributed by atoms with van der Waals surface area (Å²) in [6.07, 6.45) is 2.66. The molecule has 0 spiro atoms. The van der Waals surface area contributed by atoms with Gasteiger partial charge in [-0.1, -0.05) is 41.9 Å². The molecule has 1 atom stereocenters. The highest BCUT2D eigenvalue weighted by Crippen LogP contribution is 2.34. The van der Waals surface area contributed by atoms with Gasteiger partial charge in [-0.05, 0) is 60.7 Å². The van der Waals surface area contributed by atoms with E-state index in [0.717, 1.165) is 34.8 Å². The van der Waals surface area contributed by atoms with Gasteiger partial charge in [-0.3, -0.25) is 4.79 Å². The number of halogens is 2. The van der Waals surface area contributed by atoms with Crippen molar-refractivity contribution in [2.45, 2.75) is 45.7 Å². The van der Waals surface area contributed by atoms with Gasteiger partial charge in [0.15, 0.2) is 0 Å². The van der Waals surface area contributed by atoms with E-state index in [9.17, 15) is 9.18 Å². The molecule has 0 bridgehead atoms. The Labute approximate surface area is 173 Å². The van der Waals surface area contributed by atoms with E-state index in [1.54, 1.807) is 12.1 Å². The van der Waals surface area contributed by atoms with Gasteiger partial charge in [0.25, 0.3) is 0 Å². The predicted octanol–water partition coefficient (Wildman–Crippen LogP) is 5.22. The van der Waals surface area contributed by atoms with E-state index in [0.29, 0.717) is 6.54 Å². The molecule has 1 aromatic heterocycles. The lowest BCUT2D eigenvalue weighted by Crippen LogP contribution is -2.41. The Kier molecular flexibility index (Phi) is 5.28. The highest BCUT2D eigenvalue weighted by atomic mass is 79.9. The maximum absolute atomic E-state index is 13.7. The zero-order chi connectivity index (χ0) is 19.8. The molecule has 1 aliphatic carbocycles. The number of carbonyl (C=O) groups is 1. The first-order valence-corrected chi connectivity index (χ1v) is 10.6. The topological polar surface area (TPSA) is 34.0 Å². The molecule has 0 unspecified atom stereocenters. The van der Waals surface area contributed by atoms with Crippen LogP contribution in [0.1, 0.15) is 37.1 Å². The van der Waals surface area contributed by atoms with E-state index in [2.05, 4.69) is 37.9 Å². The van der Waals surface area contributed by atoms with Gasteiger partial charge in [0, 0.05) is 39.6 Å². The van der Waals surface area contributed by atoms with Crippen molar-refractivity contribution < 1.29 is 9.18 Å². The van der Waals surface area contributed by atoms with Crippen LogP contribution in [0, 0.1) is 11.7 Å². The maximum atomic E-state index is 13.7. The highest BCUT2D eigenvalue weighted by Gasteiger charge is 2.27. The van der Waals surface area contributed by atoms with Crippen LogP contribution in [0.5, 0.6) is 0 Å². The predicted molar refractivity (Wildman–Crippen MR) is 114 cm³/mol. The van der Waals surface area contributed by atoms with Crippen LogP contribution < -0.4 is 5.32 Å². The van der Waals surface area contributed by atoms with Gasteiger partial charge in [-0.25, -0.2) is 4.39 Å². The molecule has 28 heavy (non-hydrogen) atoms. The molecule has 3 nitrogen and oxygen atoms in total. The minimum Gasteiger partial charge on any atom is -0.353 e. The lowest BCUT2D eigenvalue weighted by molar-refractivity contribution is -0.124. The molecule has 1 aliphatic rings. The maximum Gasteiger partial charge on any atom is 0.222 e. The molecule has 2 aromatic carbocycles. The lowest BCUT2D eigenvalue weighted by atomic mass is 9.91. The smallest absolute Gasteiger partial charge is 0.222 e. The third-order valence-electron chi connectivity index (χ3n) is 5.53. The van der Waals surface area contributed by atoms with Crippen LogP contribution in [0.4, 0.5) is 4.39 Å². The SMILES string of the molecule is CC(C)C(=O)N[C@@H]1CCc2c(c3cc(Br)ccc3n2Cc2cccc(F)c2)C1. The van der Waals surface area contributed by atoms with Crippen molar-refractivity contribution in [3.8, 4) is 0 Å². The van der Waals surface area contributed by atoms with Crippen molar-refractivity contribution in [2.24, 2.45) is 5.92 Å². The van der Waals surface area contributed by atoms with Crippen molar-refractivity contribution in [3.63, 3.8) is 0 Å². The summed E-state index contributed by atoms with van der Waals surface area (Å²) in [6, 6.07) is 13.3. The Morgan fingerprint density at radius 2 is 2.11 bits per heavy atom. The number of fused-ring (bicyclic) bond motifs is 3. The van der Waals surface area contributed by atoms with Crippen molar-refractivity contribution in [2.75, 3.05) is 0 Å². The monoisotopic (exact) mass is 442 g/mol. The van der Waals surface area contributed by atoms with E-state index in [1.165, 1.54) is 22.7 Å². The molecule has 1 heterocycles. The number of hydrogen-bond acceptors (Lipinski definition) is 1. The number of hydrogen-bond donors (Lipinski definition) is 1. The second-order valence-electron chi connectivity index (χ2n) is 7.91. The summed E-state index contributed by atoms with van der Waals surface area (Å²) in [5, 5.41) is 4.41. The van der Waals surface area contributed by atoms with Crippen LogP contribution in [-0.2, 0) is 24.2 Å². The van der Waals surface area contributed by atoms with Crippen LogP contribution >= 0.6 is 15.9 Å². The first kappa shape index (κ1) is 19.2. The minimum absolute atomic E-state index is 0.00939. The highest BCUT2D eigenvalue weighted by molar-refractivity contribution is 9.10. The van der Waals surface area contributed by atoms with E-state index in [1.807, 2.05) is 26.0 Å². The van der Waals surface area contributed by atoms with Crippen LogP contribution in [0.3, 0.4) is 0 Å². The molecule has 0 radical (unpaired) electrons. The Morgan fingerprint density at radius 3 is 2.86 bits per heavy atom. The average Bonchev–Trinajstić information content (AvgIpc) is 2.94. The summed E-state index contributed by atoms with van der Waals surface area (Å²) in [4.78, 5) is 12.2. The second-order valence-corrected chi connectivity index (χ2v) is 8.82. The Balaban J connectivity index is 1.73. The Morgan fingerprint density at radius 1 is 1.29 bits per heavy atom. The second kappa shape index (κ2) is 7.70. The first-order valence-electron chi connectivity index (χ1n) is 9.76. The largest absolute Gasteiger partial charge is 0.353 e. The van der Waals surface area contributed by atoms with Crippen molar-refractivity contribution in [1.29, 1.82) is 0 Å². The van der Waals surface area contributed by atoms with E-state index < -0.39 is 0 Å². The molecule has 0 saturated carbocycles. The summed E-state index contributed by atoms with van der Waals surface area (Å²) >= 11 is 3.59. The third kappa shape index (κ3) is 3.72. The van der Waals surface area contributed by atoms with Crippen LogP contribution in [0.15, 0.2) is 46.9 Å². The fourth-order valence-corrected chi connectivity index (χ4v) is 4.47. The number of nitrogens with one attached hydrogen (secondary N) is 1. The van der Waals surface area contributed by atoms with Gasteiger partial charge in [-0.2, -0.15) is 0 Å². The number of carbonyl (C=O) groups excluding carboxylic acids is 1. The summed E-state index contributed by atoms with van der Waals surface area (Å²) in [6.45, 7) is 4.49. The van der Waals surface area contributed by atoms with Crippen molar-refractivity contribution in [1.82, 2.24) is 9.88 Å². The zero-order valence-electron chi connectivity index (χ0n) is 16.1. The van der Waals surface area contributed by atoms with Gasteiger partial charge in [0.05, 0.1) is 0 Å². The van der Waals surface area contributed by atoms with Gasteiger partial charge in [0.1, 0.15) is 5.82 Å². The zero-order valence-corrected chi connectivity index (χ0v) is 17.7. The van der Waals surface area contributed by atoms with Gasteiger partial charge < -0.3 is 9.88 Å². The minimum atomic E-state index is -0.206. The van der Waals surface area contributed by atoms with Crippen molar-refractivity contribution in [3.05, 3.63) is 69.6 Å². The molecular weight excluding hydrogens is 419 g/mol. The number of rotatable bonds is 4. The quantitative estimate of drug-likeness (QED) is 0.590. The van der Waals surface area contributed by atoms with E-state index in [4.69, 9.17) is 0 Å². The van der Waals surface area contributed by atoms with Crippen LogP contribution in [0.2, 0.25) is 0 Å². The summed E-state index contributed by atoms with van der Waals surface area (Å²) in [5.74, 6) is -0.106. The normalized spacial score (nSPS) is 16.4. The number of nitrogens with zero attached hydrogens (tertiary/aromatic N) is 1. The Bertz CT molecular complexity index is 1040.